The molecule has 0 aliphatic rings. The number of sulfonamides is 1. The molecule has 0 saturated carbocycles. The van der Waals surface area contributed by atoms with Gasteiger partial charge < -0.3 is 14.8 Å². The second-order valence-corrected chi connectivity index (χ2v) is 9.40. The average Bonchev–Trinajstić information content (AvgIpc) is 2.79. The van der Waals surface area contributed by atoms with E-state index in [-0.39, 0.29) is 21.4 Å². The molecule has 0 bridgehead atoms. The number of anilines is 2. The van der Waals surface area contributed by atoms with E-state index < -0.39 is 39.8 Å². The minimum absolute atomic E-state index is 0.0456. The normalized spacial score (nSPS) is 11.1. The number of benzene rings is 3. The Hall–Kier alpha value is -3.37. The van der Waals surface area contributed by atoms with Crippen LogP contribution >= 0.6 is 11.6 Å². The topological polar surface area (TPSA) is 84.9 Å². The number of nitrogens with one attached hydrogen (secondary N) is 1. The Labute approximate surface area is 200 Å². The van der Waals surface area contributed by atoms with Crippen LogP contribution < -0.4 is 19.1 Å². The molecule has 0 spiro atoms. The molecule has 1 N–H and O–H groups in total. The minimum atomic E-state index is -4.38. The van der Waals surface area contributed by atoms with E-state index in [0.717, 1.165) is 22.5 Å². The Morgan fingerprint density at radius 3 is 2.32 bits per heavy atom. The van der Waals surface area contributed by atoms with Crippen LogP contribution in [0.15, 0.2) is 59.5 Å². The van der Waals surface area contributed by atoms with Gasteiger partial charge in [-0.15, -0.1) is 0 Å². The molecule has 1 amide bonds. The van der Waals surface area contributed by atoms with Gasteiger partial charge in [0.05, 0.1) is 30.6 Å². The maximum atomic E-state index is 14.0. The number of rotatable bonds is 8. The van der Waals surface area contributed by atoms with Crippen LogP contribution in [0.2, 0.25) is 5.02 Å². The lowest BCUT2D eigenvalue weighted by Gasteiger charge is -2.25. The monoisotopic (exact) mass is 510 g/mol. The Morgan fingerprint density at radius 1 is 1.00 bits per heavy atom. The Kier molecular flexibility index (Phi) is 7.63. The van der Waals surface area contributed by atoms with Crippen molar-refractivity contribution >= 4 is 38.9 Å². The fraction of sp³-hybridized carbons (Fsp3) is 0.174. The molecule has 11 heteroatoms. The molecule has 0 radical (unpaired) electrons. The van der Waals surface area contributed by atoms with Crippen molar-refractivity contribution < 1.29 is 31.5 Å². The molecule has 3 rings (SSSR count). The molecular weight excluding hydrogens is 490 g/mol. The van der Waals surface area contributed by atoms with Gasteiger partial charge in [0.2, 0.25) is 5.91 Å². The van der Waals surface area contributed by atoms with E-state index in [1.165, 1.54) is 44.6 Å². The zero-order valence-electron chi connectivity index (χ0n) is 18.4. The predicted molar refractivity (Wildman–Crippen MR) is 125 cm³/mol. The molecule has 0 fully saturated rings. The summed E-state index contributed by atoms with van der Waals surface area (Å²) in [4.78, 5) is 12.6. The summed E-state index contributed by atoms with van der Waals surface area (Å²) >= 11 is 6.20. The van der Waals surface area contributed by atoms with Crippen LogP contribution in [-0.4, -0.2) is 35.1 Å². The number of carbonyl (C=O) groups is 1. The number of methoxy groups -OCH3 is 2. The second-order valence-electron chi connectivity index (χ2n) is 7.16. The summed E-state index contributed by atoms with van der Waals surface area (Å²) in [5, 5.41) is 2.31. The van der Waals surface area contributed by atoms with Crippen LogP contribution in [-0.2, 0) is 14.8 Å². The molecule has 0 aromatic heterocycles. The van der Waals surface area contributed by atoms with Crippen LogP contribution in [0.4, 0.5) is 20.2 Å². The van der Waals surface area contributed by atoms with Gasteiger partial charge in [-0.05, 0) is 55.0 Å². The maximum Gasteiger partial charge on any atom is 0.268 e. The van der Waals surface area contributed by atoms with E-state index in [4.69, 9.17) is 21.1 Å². The van der Waals surface area contributed by atoms with Gasteiger partial charge >= 0.3 is 0 Å². The largest absolute Gasteiger partial charge is 0.495 e. The molecule has 7 nitrogen and oxygen atoms in total. The third-order valence-corrected chi connectivity index (χ3v) is 6.89. The highest BCUT2D eigenvalue weighted by Crippen LogP contribution is 2.34. The smallest absolute Gasteiger partial charge is 0.268 e. The van der Waals surface area contributed by atoms with Crippen molar-refractivity contribution in [3.8, 4) is 11.5 Å². The molecular formula is C23H21ClF2N2O5S. The van der Waals surface area contributed by atoms with Crippen molar-refractivity contribution in [1.29, 1.82) is 0 Å². The van der Waals surface area contributed by atoms with Crippen LogP contribution in [0, 0.1) is 18.6 Å². The number of nitrogens with zero attached hydrogens (tertiary/aromatic N) is 1. The zero-order valence-corrected chi connectivity index (χ0v) is 20.0. The number of aryl methyl sites for hydroxylation is 1. The summed E-state index contributed by atoms with van der Waals surface area (Å²) < 4.78 is 66.0. The number of hydrogen-bond donors (Lipinski definition) is 1. The number of hydrogen-bond acceptors (Lipinski definition) is 5. The van der Waals surface area contributed by atoms with Crippen LogP contribution in [0.1, 0.15) is 5.56 Å². The van der Waals surface area contributed by atoms with Gasteiger partial charge in [0.15, 0.2) is 0 Å². The Morgan fingerprint density at radius 2 is 1.68 bits per heavy atom. The average molecular weight is 511 g/mol. The number of carbonyl (C=O) groups excluding carboxylic acids is 1. The first kappa shape index (κ1) is 25.3. The number of amides is 1. The van der Waals surface area contributed by atoms with Gasteiger partial charge in [-0.3, -0.25) is 9.10 Å². The molecule has 0 atom stereocenters. The SMILES string of the molecule is COc1ccc(N(CC(=O)Nc2cc(F)ccc2F)S(=O)(=O)c2cc(C)ccc2OC)cc1Cl. The Bertz CT molecular complexity index is 1330. The lowest BCUT2D eigenvalue weighted by molar-refractivity contribution is -0.114. The van der Waals surface area contributed by atoms with Gasteiger partial charge in [-0.2, -0.15) is 0 Å². The molecule has 0 aliphatic carbocycles. The Balaban J connectivity index is 2.07. The first-order valence-electron chi connectivity index (χ1n) is 9.82. The second kappa shape index (κ2) is 10.3. The number of halogens is 3. The van der Waals surface area contributed by atoms with E-state index in [1.807, 2.05) is 0 Å². The summed E-state index contributed by atoms with van der Waals surface area (Å²) in [6, 6.07) is 11.3. The minimum Gasteiger partial charge on any atom is -0.495 e. The van der Waals surface area contributed by atoms with Crippen LogP contribution in [0.3, 0.4) is 0 Å². The molecule has 180 valence electrons. The fourth-order valence-electron chi connectivity index (χ4n) is 3.14. The molecule has 0 aliphatic heterocycles. The highest BCUT2D eigenvalue weighted by molar-refractivity contribution is 7.93. The quantitative estimate of drug-likeness (QED) is 0.471. The van der Waals surface area contributed by atoms with Crippen molar-refractivity contribution in [2.24, 2.45) is 0 Å². The fourth-order valence-corrected chi connectivity index (χ4v) is 5.05. The summed E-state index contributed by atoms with van der Waals surface area (Å²) in [7, 11) is -1.67. The summed E-state index contributed by atoms with van der Waals surface area (Å²) in [5.41, 5.74) is 0.255. The lowest BCUT2D eigenvalue weighted by Crippen LogP contribution is -2.38. The highest BCUT2D eigenvalue weighted by Gasteiger charge is 2.31. The van der Waals surface area contributed by atoms with E-state index in [9.17, 15) is 22.0 Å². The first-order valence-corrected chi connectivity index (χ1v) is 11.6. The first-order chi connectivity index (χ1) is 16.1. The molecule has 0 saturated heterocycles. The van der Waals surface area contributed by atoms with Crippen LogP contribution in [0.25, 0.3) is 0 Å². The van der Waals surface area contributed by atoms with Gasteiger partial charge in [0.25, 0.3) is 10.0 Å². The van der Waals surface area contributed by atoms with Gasteiger partial charge in [-0.1, -0.05) is 17.7 Å². The third kappa shape index (κ3) is 5.40. The van der Waals surface area contributed by atoms with Crippen molar-refractivity contribution in [1.82, 2.24) is 0 Å². The predicted octanol–water partition coefficient (Wildman–Crippen LogP) is 4.78. The lowest BCUT2D eigenvalue weighted by atomic mass is 10.2. The zero-order chi connectivity index (χ0) is 25.0. The van der Waals surface area contributed by atoms with E-state index in [2.05, 4.69) is 5.32 Å². The van der Waals surface area contributed by atoms with Crippen molar-refractivity contribution in [2.45, 2.75) is 11.8 Å². The number of ether oxygens (including phenoxy) is 2. The summed E-state index contributed by atoms with van der Waals surface area (Å²) in [5.74, 6) is -2.20. The van der Waals surface area contributed by atoms with Crippen molar-refractivity contribution in [3.05, 3.63) is 76.8 Å². The molecule has 3 aromatic rings. The van der Waals surface area contributed by atoms with Crippen LogP contribution in [0.5, 0.6) is 11.5 Å². The molecule has 0 heterocycles. The summed E-state index contributed by atoms with van der Waals surface area (Å²) in [6.45, 7) is 0.935. The maximum absolute atomic E-state index is 14.0. The van der Waals surface area contributed by atoms with E-state index in [0.29, 0.717) is 11.3 Å². The third-order valence-electron chi connectivity index (χ3n) is 4.80. The van der Waals surface area contributed by atoms with Gasteiger partial charge in [0.1, 0.15) is 34.6 Å². The van der Waals surface area contributed by atoms with E-state index in [1.54, 1.807) is 13.0 Å². The highest BCUT2D eigenvalue weighted by atomic mass is 35.5. The standard InChI is InChI=1S/C23H21ClF2N2O5S/c1-14-4-8-21(33-3)22(10-14)34(30,31)28(16-6-9-20(32-2)17(24)12-16)13-23(29)27-19-11-15(25)5-7-18(19)26/h4-12H,13H2,1-3H3,(H,27,29). The van der Waals surface area contributed by atoms with Gasteiger partial charge in [-0.25, -0.2) is 17.2 Å². The molecule has 3 aromatic carbocycles. The van der Waals surface area contributed by atoms with E-state index >= 15 is 0 Å². The van der Waals surface area contributed by atoms with Crippen molar-refractivity contribution in [3.63, 3.8) is 0 Å². The molecule has 34 heavy (non-hydrogen) atoms. The molecule has 0 unspecified atom stereocenters. The van der Waals surface area contributed by atoms with Gasteiger partial charge in [0, 0.05) is 6.07 Å². The summed E-state index contributed by atoms with van der Waals surface area (Å²) in [6.07, 6.45) is 0. The van der Waals surface area contributed by atoms with Crippen molar-refractivity contribution in [2.75, 3.05) is 30.4 Å².